The van der Waals surface area contributed by atoms with Gasteiger partial charge < -0.3 is 5.73 Å². The zero-order chi connectivity index (χ0) is 12.8. The van der Waals surface area contributed by atoms with Crippen LogP contribution in [0.3, 0.4) is 0 Å². The summed E-state index contributed by atoms with van der Waals surface area (Å²) >= 11 is 1.82. The van der Waals surface area contributed by atoms with Gasteiger partial charge in [-0.2, -0.15) is 5.10 Å². The van der Waals surface area contributed by atoms with Crippen molar-refractivity contribution in [3.63, 3.8) is 0 Å². The first-order valence-electron chi connectivity index (χ1n) is 6.60. The Morgan fingerprint density at radius 1 is 1.50 bits per heavy atom. The second-order valence-corrected chi connectivity index (χ2v) is 5.65. The quantitative estimate of drug-likeness (QED) is 0.832. The van der Waals surface area contributed by atoms with Crippen molar-refractivity contribution in [1.82, 2.24) is 9.78 Å². The highest BCUT2D eigenvalue weighted by Crippen LogP contribution is 2.18. The van der Waals surface area contributed by atoms with Crippen LogP contribution in [-0.4, -0.2) is 9.78 Å². The van der Waals surface area contributed by atoms with Crippen LogP contribution >= 0.6 is 11.3 Å². The van der Waals surface area contributed by atoms with Crippen molar-refractivity contribution in [2.45, 2.75) is 45.2 Å². The topological polar surface area (TPSA) is 43.8 Å². The highest BCUT2D eigenvalue weighted by Gasteiger charge is 2.08. The van der Waals surface area contributed by atoms with Crippen molar-refractivity contribution < 1.29 is 0 Å². The fraction of sp³-hybridized carbons (Fsp3) is 0.500. The Kier molecular flexibility index (Phi) is 4.96. The van der Waals surface area contributed by atoms with E-state index in [9.17, 15) is 0 Å². The number of aryl methyl sites for hydroxylation is 2. The Hall–Kier alpha value is -1.13. The number of hydrogen-bond acceptors (Lipinski definition) is 3. The maximum absolute atomic E-state index is 6.19. The molecule has 18 heavy (non-hydrogen) atoms. The predicted octanol–water partition coefficient (Wildman–Crippen LogP) is 3.38. The third kappa shape index (κ3) is 3.68. The molecule has 0 aliphatic carbocycles. The van der Waals surface area contributed by atoms with Gasteiger partial charge in [-0.1, -0.05) is 13.0 Å². The van der Waals surface area contributed by atoms with Crippen LogP contribution in [0.4, 0.5) is 0 Å². The number of nitrogens with zero attached hydrogens (tertiary/aromatic N) is 2. The minimum atomic E-state index is 0.121. The van der Waals surface area contributed by atoms with Gasteiger partial charge in [0.1, 0.15) is 0 Å². The first-order valence-corrected chi connectivity index (χ1v) is 7.48. The van der Waals surface area contributed by atoms with Crippen LogP contribution in [0, 0.1) is 0 Å². The van der Waals surface area contributed by atoms with Crippen molar-refractivity contribution in [2.75, 3.05) is 0 Å². The number of nitrogens with two attached hydrogens (primary N) is 1. The minimum Gasteiger partial charge on any atom is -0.324 e. The molecule has 0 fully saturated rings. The summed E-state index contributed by atoms with van der Waals surface area (Å²) in [6, 6.07) is 4.42. The zero-order valence-corrected chi connectivity index (χ0v) is 11.7. The molecule has 0 aliphatic heterocycles. The number of thiophene rings is 1. The number of hydrogen-bond donors (Lipinski definition) is 1. The Morgan fingerprint density at radius 3 is 3.11 bits per heavy atom. The summed E-state index contributed by atoms with van der Waals surface area (Å²) in [5.74, 6) is 0. The molecule has 0 aromatic carbocycles. The largest absolute Gasteiger partial charge is 0.324 e. The molecule has 2 aromatic rings. The van der Waals surface area contributed by atoms with E-state index in [0.29, 0.717) is 0 Å². The molecule has 0 bridgehead atoms. The fourth-order valence-corrected chi connectivity index (χ4v) is 2.79. The van der Waals surface area contributed by atoms with Crippen LogP contribution in [-0.2, 0) is 13.0 Å². The molecule has 98 valence electrons. The Balaban J connectivity index is 1.78. The van der Waals surface area contributed by atoms with Gasteiger partial charge in [-0.15, -0.1) is 11.3 Å². The number of rotatable bonds is 7. The van der Waals surface area contributed by atoms with Gasteiger partial charge in [-0.05, 0) is 37.1 Å². The van der Waals surface area contributed by atoms with Crippen molar-refractivity contribution in [3.05, 3.63) is 40.3 Å². The van der Waals surface area contributed by atoms with E-state index in [4.69, 9.17) is 5.73 Å². The zero-order valence-electron chi connectivity index (χ0n) is 10.9. The molecule has 2 N–H and O–H groups in total. The Labute approximate surface area is 113 Å². The van der Waals surface area contributed by atoms with E-state index < -0.39 is 0 Å². The summed E-state index contributed by atoms with van der Waals surface area (Å²) in [7, 11) is 0. The molecule has 0 saturated carbocycles. The summed E-state index contributed by atoms with van der Waals surface area (Å²) in [6.45, 7) is 3.13. The van der Waals surface area contributed by atoms with Crippen molar-refractivity contribution in [3.8, 4) is 0 Å². The molecule has 3 nitrogen and oxygen atoms in total. The Morgan fingerprint density at radius 2 is 2.39 bits per heavy atom. The second-order valence-electron chi connectivity index (χ2n) is 4.61. The highest BCUT2D eigenvalue weighted by molar-refractivity contribution is 7.09. The first-order chi connectivity index (χ1) is 8.79. The van der Waals surface area contributed by atoms with Gasteiger partial charge in [0.2, 0.25) is 0 Å². The van der Waals surface area contributed by atoms with Gasteiger partial charge in [-0.3, -0.25) is 4.68 Å². The van der Waals surface area contributed by atoms with Crippen molar-refractivity contribution >= 4 is 11.3 Å². The molecule has 2 heterocycles. The lowest BCUT2D eigenvalue weighted by Crippen LogP contribution is -2.09. The summed E-state index contributed by atoms with van der Waals surface area (Å²) in [4.78, 5) is 1.45. The lowest BCUT2D eigenvalue weighted by Gasteiger charge is -2.08. The molecule has 4 heteroatoms. The van der Waals surface area contributed by atoms with Crippen LogP contribution in [0.2, 0.25) is 0 Å². The molecule has 0 radical (unpaired) electrons. The smallest absolute Gasteiger partial charge is 0.0537 e. The van der Waals surface area contributed by atoms with E-state index in [0.717, 1.165) is 37.8 Å². The molecule has 1 atom stereocenters. The van der Waals surface area contributed by atoms with Crippen LogP contribution in [0.25, 0.3) is 0 Å². The maximum atomic E-state index is 6.19. The van der Waals surface area contributed by atoms with Gasteiger partial charge in [0.25, 0.3) is 0 Å². The second kappa shape index (κ2) is 6.71. The SMILES string of the molecule is CCCn1cc(C(N)CCCc2cccs2)cn1. The summed E-state index contributed by atoms with van der Waals surface area (Å²) in [5, 5.41) is 6.45. The predicted molar refractivity (Wildman–Crippen MR) is 76.7 cm³/mol. The van der Waals surface area contributed by atoms with E-state index in [2.05, 4.69) is 35.7 Å². The molecule has 2 rings (SSSR count). The van der Waals surface area contributed by atoms with E-state index in [1.807, 2.05) is 22.2 Å². The fourth-order valence-electron chi connectivity index (χ4n) is 2.04. The average Bonchev–Trinajstić information content (AvgIpc) is 3.00. The van der Waals surface area contributed by atoms with Gasteiger partial charge in [0, 0.05) is 29.2 Å². The number of aromatic nitrogens is 2. The monoisotopic (exact) mass is 263 g/mol. The third-order valence-electron chi connectivity index (χ3n) is 3.05. The van der Waals surface area contributed by atoms with Gasteiger partial charge in [0.05, 0.1) is 6.20 Å². The van der Waals surface area contributed by atoms with Gasteiger partial charge >= 0.3 is 0 Å². The van der Waals surface area contributed by atoms with E-state index in [1.54, 1.807) is 0 Å². The van der Waals surface area contributed by atoms with Gasteiger partial charge in [-0.25, -0.2) is 0 Å². The molecule has 0 aliphatic rings. The normalized spacial score (nSPS) is 12.8. The standard InChI is InChI=1S/C14H21N3S/c1-2-8-17-11-12(10-16-17)14(15)7-3-5-13-6-4-9-18-13/h4,6,9-11,14H,2-3,5,7-8,15H2,1H3. The summed E-state index contributed by atoms with van der Waals surface area (Å²) in [6.07, 6.45) is 8.39. The lowest BCUT2D eigenvalue weighted by molar-refractivity contribution is 0.594. The van der Waals surface area contributed by atoms with Crippen molar-refractivity contribution in [2.24, 2.45) is 5.73 Å². The van der Waals surface area contributed by atoms with E-state index >= 15 is 0 Å². The van der Waals surface area contributed by atoms with Crippen molar-refractivity contribution in [1.29, 1.82) is 0 Å². The highest BCUT2D eigenvalue weighted by atomic mass is 32.1. The first kappa shape index (κ1) is 13.3. The average molecular weight is 263 g/mol. The van der Waals surface area contributed by atoms with Crippen LogP contribution in [0.5, 0.6) is 0 Å². The molecule has 0 saturated heterocycles. The molecule has 2 aromatic heterocycles. The van der Waals surface area contributed by atoms with Crippen LogP contribution in [0.15, 0.2) is 29.9 Å². The van der Waals surface area contributed by atoms with Crippen LogP contribution in [0.1, 0.15) is 42.7 Å². The Bertz CT molecular complexity index is 447. The van der Waals surface area contributed by atoms with E-state index in [-0.39, 0.29) is 6.04 Å². The minimum absolute atomic E-state index is 0.121. The molecular weight excluding hydrogens is 242 g/mol. The molecule has 1 unspecified atom stereocenters. The summed E-state index contributed by atoms with van der Waals surface area (Å²) in [5.41, 5.74) is 7.36. The molecule has 0 amide bonds. The van der Waals surface area contributed by atoms with Crippen LogP contribution < -0.4 is 5.73 Å². The lowest BCUT2D eigenvalue weighted by atomic mass is 10.1. The molecule has 0 spiro atoms. The summed E-state index contributed by atoms with van der Waals surface area (Å²) < 4.78 is 1.98. The van der Waals surface area contributed by atoms with E-state index in [1.165, 1.54) is 4.88 Å². The van der Waals surface area contributed by atoms with Gasteiger partial charge in [0.15, 0.2) is 0 Å². The third-order valence-corrected chi connectivity index (χ3v) is 3.99. The maximum Gasteiger partial charge on any atom is 0.0537 e. The molecular formula is C14H21N3S.